The standard InChI is InChI=1S/C16H16S/c1-2-6-12-8-5-9-14-11-13-7-3-4-10-15(13)17-16(12)14/h3-5,7-10H,2,6,11H2,1H3. The van der Waals surface area contributed by atoms with Crippen LogP contribution in [0.25, 0.3) is 0 Å². The fourth-order valence-electron chi connectivity index (χ4n) is 2.44. The lowest BCUT2D eigenvalue weighted by Gasteiger charge is -2.21. The summed E-state index contributed by atoms with van der Waals surface area (Å²) in [6.07, 6.45) is 3.51. The molecule has 1 heteroatoms. The van der Waals surface area contributed by atoms with Crippen molar-refractivity contribution in [3.8, 4) is 0 Å². The van der Waals surface area contributed by atoms with Gasteiger partial charge in [-0.3, -0.25) is 0 Å². The smallest absolute Gasteiger partial charge is 0.0189 e. The molecule has 0 N–H and O–H groups in total. The topological polar surface area (TPSA) is 0 Å². The monoisotopic (exact) mass is 240 g/mol. The second-order valence-corrected chi connectivity index (χ2v) is 5.59. The first kappa shape index (κ1) is 10.9. The maximum atomic E-state index is 2.28. The van der Waals surface area contributed by atoms with Gasteiger partial charge in [0, 0.05) is 9.79 Å². The predicted molar refractivity (Wildman–Crippen MR) is 73.8 cm³/mol. The quantitative estimate of drug-likeness (QED) is 0.626. The fraction of sp³-hybridized carbons (Fsp3) is 0.250. The maximum absolute atomic E-state index is 2.28. The minimum absolute atomic E-state index is 1.09. The summed E-state index contributed by atoms with van der Waals surface area (Å²) < 4.78 is 0. The van der Waals surface area contributed by atoms with Gasteiger partial charge >= 0.3 is 0 Å². The zero-order valence-corrected chi connectivity index (χ0v) is 10.9. The first-order valence-corrected chi connectivity index (χ1v) is 7.06. The minimum atomic E-state index is 1.09. The predicted octanol–water partition coefficient (Wildman–Crippen LogP) is 4.69. The van der Waals surface area contributed by atoms with E-state index >= 15 is 0 Å². The van der Waals surface area contributed by atoms with Crippen molar-refractivity contribution in [2.24, 2.45) is 0 Å². The molecule has 1 aliphatic heterocycles. The van der Waals surface area contributed by atoms with Gasteiger partial charge in [0.05, 0.1) is 0 Å². The zero-order valence-electron chi connectivity index (χ0n) is 10.1. The molecule has 1 aliphatic rings. The van der Waals surface area contributed by atoms with E-state index in [0.717, 1.165) is 6.42 Å². The molecule has 0 saturated heterocycles. The van der Waals surface area contributed by atoms with Crippen LogP contribution in [-0.4, -0.2) is 0 Å². The SMILES string of the molecule is CCCc1cccc2c1Sc1ccccc1C2. The van der Waals surface area contributed by atoms with Crippen LogP contribution in [0.3, 0.4) is 0 Å². The molecule has 0 saturated carbocycles. The highest BCUT2D eigenvalue weighted by atomic mass is 32.2. The third kappa shape index (κ3) is 2.00. The molecule has 2 aromatic rings. The largest absolute Gasteiger partial charge is 0.0892 e. The third-order valence-electron chi connectivity index (χ3n) is 3.26. The lowest BCUT2D eigenvalue weighted by molar-refractivity contribution is 0.885. The lowest BCUT2D eigenvalue weighted by Crippen LogP contribution is -2.02. The molecule has 0 bridgehead atoms. The average Bonchev–Trinajstić information content (AvgIpc) is 2.37. The Kier molecular flexibility index (Phi) is 2.94. The van der Waals surface area contributed by atoms with Crippen LogP contribution in [0.5, 0.6) is 0 Å². The minimum Gasteiger partial charge on any atom is -0.0892 e. The number of rotatable bonds is 2. The summed E-state index contributed by atoms with van der Waals surface area (Å²) in [4.78, 5) is 2.94. The van der Waals surface area contributed by atoms with Crippen LogP contribution in [-0.2, 0) is 12.8 Å². The van der Waals surface area contributed by atoms with Crippen molar-refractivity contribution in [2.45, 2.75) is 36.0 Å². The van der Waals surface area contributed by atoms with Crippen molar-refractivity contribution in [1.82, 2.24) is 0 Å². The van der Waals surface area contributed by atoms with Crippen molar-refractivity contribution in [3.05, 3.63) is 59.2 Å². The van der Waals surface area contributed by atoms with Crippen molar-refractivity contribution in [1.29, 1.82) is 0 Å². The maximum Gasteiger partial charge on any atom is 0.0189 e. The molecule has 0 radical (unpaired) electrons. The van der Waals surface area contributed by atoms with Crippen LogP contribution < -0.4 is 0 Å². The van der Waals surface area contributed by atoms with Crippen molar-refractivity contribution in [3.63, 3.8) is 0 Å². The van der Waals surface area contributed by atoms with E-state index in [2.05, 4.69) is 49.4 Å². The fourth-order valence-corrected chi connectivity index (χ4v) is 3.65. The summed E-state index contributed by atoms with van der Waals surface area (Å²) in [5.74, 6) is 0. The Labute approximate surface area is 107 Å². The summed E-state index contributed by atoms with van der Waals surface area (Å²) >= 11 is 1.95. The normalized spacial score (nSPS) is 13.0. The zero-order chi connectivity index (χ0) is 11.7. The Morgan fingerprint density at radius 3 is 2.71 bits per heavy atom. The molecule has 3 rings (SSSR count). The van der Waals surface area contributed by atoms with Gasteiger partial charge in [-0.2, -0.15) is 0 Å². The van der Waals surface area contributed by atoms with Crippen LogP contribution in [0.4, 0.5) is 0 Å². The van der Waals surface area contributed by atoms with Crippen LogP contribution in [0, 0.1) is 0 Å². The van der Waals surface area contributed by atoms with Crippen LogP contribution >= 0.6 is 11.8 Å². The Morgan fingerprint density at radius 1 is 1.00 bits per heavy atom. The number of fused-ring (bicyclic) bond motifs is 2. The molecule has 0 amide bonds. The van der Waals surface area contributed by atoms with E-state index in [4.69, 9.17) is 0 Å². The molecule has 17 heavy (non-hydrogen) atoms. The van der Waals surface area contributed by atoms with Gasteiger partial charge in [0.25, 0.3) is 0 Å². The first-order valence-electron chi connectivity index (χ1n) is 6.25. The summed E-state index contributed by atoms with van der Waals surface area (Å²) in [5.41, 5.74) is 4.49. The van der Waals surface area contributed by atoms with Gasteiger partial charge in [0.15, 0.2) is 0 Å². The Hall–Kier alpha value is -1.21. The van der Waals surface area contributed by atoms with Gasteiger partial charge in [0.2, 0.25) is 0 Å². The van der Waals surface area contributed by atoms with E-state index in [0.29, 0.717) is 0 Å². The van der Waals surface area contributed by atoms with Gasteiger partial charge in [-0.25, -0.2) is 0 Å². The highest BCUT2D eigenvalue weighted by Gasteiger charge is 2.17. The van der Waals surface area contributed by atoms with E-state index in [1.165, 1.54) is 39.3 Å². The average molecular weight is 240 g/mol. The first-order chi connectivity index (χ1) is 8.38. The van der Waals surface area contributed by atoms with E-state index in [9.17, 15) is 0 Å². The van der Waals surface area contributed by atoms with Gasteiger partial charge in [0.1, 0.15) is 0 Å². The molecule has 0 fully saturated rings. The highest BCUT2D eigenvalue weighted by Crippen LogP contribution is 2.41. The molecule has 1 heterocycles. The summed E-state index contributed by atoms with van der Waals surface area (Å²) in [7, 11) is 0. The van der Waals surface area contributed by atoms with E-state index in [1.807, 2.05) is 11.8 Å². The van der Waals surface area contributed by atoms with Gasteiger partial charge < -0.3 is 0 Å². The highest BCUT2D eigenvalue weighted by molar-refractivity contribution is 7.99. The molecule has 0 unspecified atom stereocenters. The van der Waals surface area contributed by atoms with Crippen molar-refractivity contribution in [2.75, 3.05) is 0 Å². The molecular weight excluding hydrogens is 224 g/mol. The molecule has 0 nitrogen and oxygen atoms in total. The number of hydrogen-bond acceptors (Lipinski definition) is 1. The van der Waals surface area contributed by atoms with Gasteiger partial charge in [-0.15, -0.1) is 0 Å². The number of benzene rings is 2. The molecule has 0 atom stereocenters. The number of hydrogen-bond donors (Lipinski definition) is 0. The summed E-state index contributed by atoms with van der Waals surface area (Å²) in [6, 6.07) is 15.5. The summed E-state index contributed by atoms with van der Waals surface area (Å²) in [6.45, 7) is 2.25. The molecule has 0 aliphatic carbocycles. The Morgan fingerprint density at radius 2 is 1.82 bits per heavy atom. The van der Waals surface area contributed by atoms with E-state index < -0.39 is 0 Å². The Bertz CT molecular complexity index is 543. The van der Waals surface area contributed by atoms with Crippen molar-refractivity contribution >= 4 is 11.8 Å². The Balaban J connectivity index is 2.05. The second-order valence-electron chi connectivity index (χ2n) is 4.54. The van der Waals surface area contributed by atoms with Crippen LogP contribution in [0.2, 0.25) is 0 Å². The molecule has 0 spiro atoms. The summed E-state index contributed by atoms with van der Waals surface area (Å²) in [5, 5.41) is 0. The molecule has 86 valence electrons. The van der Waals surface area contributed by atoms with E-state index in [-0.39, 0.29) is 0 Å². The van der Waals surface area contributed by atoms with E-state index in [1.54, 1.807) is 0 Å². The second kappa shape index (κ2) is 4.58. The molecule has 2 aromatic carbocycles. The van der Waals surface area contributed by atoms with Gasteiger partial charge in [-0.1, -0.05) is 61.5 Å². The van der Waals surface area contributed by atoms with Crippen molar-refractivity contribution < 1.29 is 0 Å². The van der Waals surface area contributed by atoms with Crippen LogP contribution in [0.1, 0.15) is 30.0 Å². The molecular formula is C16H16S. The lowest BCUT2D eigenvalue weighted by atomic mass is 10.00. The van der Waals surface area contributed by atoms with Crippen LogP contribution in [0.15, 0.2) is 52.3 Å². The molecule has 0 aromatic heterocycles. The number of aryl methyl sites for hydroxylation is 1. The van der Waals surface area contributed by atoms with Gasteiger partial charge in [-0.05, 0) is 35.6 Å². The third-order valence-corrected chi connectivity index (χ3v) is 4.61.